The number of ether oxygens (including phenoxy) is 2. The molecule has 1 N–H and O–H groups in total. The first-order valence-corrected chi connectivity index (χ1v) is 8.40. The van der Waals surface area contributed by atoms with Crippen molar-refractivity contribution in [2.45, 2.75) is 18.8 Å². The molecule has 1 aliphatic rings. The number of rotatable bonds is 8. The van der Waals surface area contributed by atoms with E-state index in [1.54, 1.807) is 0 Å². The van der Waals surface area contributed by atoms with Gasteiger partial charge in [-0.1, -0.05) is 29.8 Å². The van der Waals surface area contributed by atoms with Gasteiger partial charge in [-0.25, -0.2) is 0 Å². The largest absolute Gasteiger partial charge is 0.389 e. The first-order valence-electron chi connectivity index (χ1n) is 8.02. The molecule has 0 radical (unpaired) electrons. The lowest BCUT2D eigenvalue weighted by molar-refractivity contribution is -0.0584. The molecule has 0 bridgehead atoms. The Kier molecular flexibility index (Phi) is 7.76. The monoisotopic (exact) mass is 342 g/mol. The van der Waals surface area contributed by atoms with Crippen molar-refractivity contribution in [3.05, 3.63) is 34.9 Å². The second-order valence-corrected chi connectivity index (χ2v) is 6.68. The molecule has 1 aliphatic heterocycles. The number of halogens is 1. The van der Waals surface area contributed by atoms with E-state index >= 15 is 0 Å². The van der Waals surface area contributed by atoms with Crippen molar-refractivity contribution in [3.8, 4) is 0 Å². The van der Waals surface area contributed by atoms with Crippen molar-refractivity contribution >= 4 is 11.6 Å². The second kappa shape index (κ2) is 9.57. The Morgan fingerprint density at radius 3 is 2.96 bits per heavy atom. The highest BCUT2D eigenvalue weighted by atomic mass is 35.5. The standard InChI is InChI=1S/C17H27ClN2O3/c1-19(2)10-16-11-20(7-8-23-16)9-15(21)13-22-12-14-5-3-4-6-17(14)18/h3-6,15-16,21H,7-13H2,1-2H3/t15-,16+/m0/s1. The third-order valence-corrected chi connectivity index (χ3v) is 4.16. The molecule has 1 fully saturated rings. The molecule has 0 aromatic heterocycles. The molecule has 1 aromatic rings. The molecule has 1 saturated heterocycles. The van der Waals surface area contributed by atoms with E-state index in [1.165, 1.54) is 0 Å². The SMILES string of the molecule is CN(C)C[C@@H]1CN(C[C@H](O)COCc2ccccc2Cl)CCO1. The van der Waals surface area contributed by atoms with Gasteiger partial charge in [-0.2, -0.15) is 0 Å². The van der Waals surface area contributed by atoms with Gasteiger partial charge in [0, 0.05) is 31.2 Å². The van der Waals surface area contributed by atoms with Crippen LogP contribution in [0, 0.1) is 0 Å². The zero-order valence-corrected chi connectivity index (χ0v) is 14.7. The zero-order chi connectivity index (χ0) is 16.7. The summed E-state index contributed by atoms with van der Waals surface area (Å²) in [5, 5.41) is 10.9. The molecule has 23 heavy (non-hydrogen) atoms. The number of hydrogen-bond acceptors (Lipinski definition) is 5. The Bertz CT molecular complexity index is 473. The number of aliphatic hydroxyl groups is 1. The molecule has 2 rings (SSSR count). The van der Waals surface area contributed by atoms with Crippen LogP contribution in [0.5, 0.6) is 0 Å². The Balaban J connectivity index is 1.68. The highest BCUT2D eigenvalue weighted by Crippen LogP contribution is 2.15. The van der Waals surface area contributed by atoms with E-state index in [1.807, 2.05) is 38.4 Å². The number of hydrogen-bond donors (Lipinski definition) is 1. The Labute approximate surface area is 143 Å². The van der Waals surface area contributed by atoms with Crippen LogP contribution in [0.3, 0.4) is 0 Å². The first-order chi connectivity index (χ1) is 11.0. The van der Waals surface area contributed by atoms with Crippen LogP contribution in [0.1, 0.15) is 5.56 Å². The van der Waals surface area contributed by atoms with Crippen LogP contribution < -0.4 is 0 Å². The maximum Gasteiger partial charge on any atom is 0.0900 e. The summed E-state index contributed by atoms with van der Waals surface area (Å²) in [6.07, 6.45) is -0.300. The van der Waals surface area contributed by atoms with Crippen LogP contribution in [0.25, 0.3) is 0 Å². The number of benzene rings is 1. The summed E-state index contributed by atoms with van der Waals surface area (Å²) in [6, 6.07) is 7.60. The number of likely N-dealkylation sites (N-methyl/N-ethyl adjacent to an activating group) is 1. The second-order valence-electron chi connectivity index (χ2n) is 6.27. The lowest BCUT2D eigenvalue weighted by atomic mass is 10.2. The smallest absolute Gasteiger partial charge is 0.0900 e. The molecule has 0 spiro atoms. The fourth-order valence-electron chi connectivity index (χ4n) is 2.74. The van der Waals surface area contributed by atoms with E-state index in [4.69, 9.17) is 21.1 Å². The highest BCUT2D eigenvalue weighted by molar-refractivity contribution is 6.31. The minimum absolute atomic E-state index is 0.204. The van der Waals surface area contributed by atoms with Gasteiger partial charge in [-0.05, 0) is 25.7 Å². The fraction of sp³-hybridized carbons (Fsp3) is 0.647. The Morgan fingerprint density at radius 2 is 2.22 bits per heavy atom. The minimum atomic E-state index is -0.504. The molecule has 1 aromatic carbocycles. The molecule has 0 unspecified atom stereocenters. The molecule has 1 heterocycles. The number of aliphatic hydroxyl groups excluding tert-OH is 1. The van der Waals surface area contributed by atoms with Crippen molar-refractivity contribution < 1.29 is 14.6 Å². The summed E-state index contributed by atoms with van der Waals surface area (Å²) in [4.78, 5) is 4.36. The quantitative estimate of drug-likeness (QED) is 0.775. The predicted octanol–water partition coefficient (Wildman–Crippen LogP) is 1.48. The molecular formula is C17H27ClN2O3. The highest BCUT2D eigenvalue weighted by Gasteiger charge is 2.22. The molecule has 0 amide bonds. The van der Waals surface area contributed by atoms with Crippen molar-refractivity contribution in [1.82, 2.24) is 9.80 Å². The molecule has 6 heteroatoms. The molecule has 5 nitrogen and oxygen atoms in total. The van der Waals surface area contributed by atoms with E-state index in [0.29, 0.717) is 31.4 Å². The van der Waals surface area contributed by atoms with Crippen molar-refractivity contribution in [2.75, 3.05) is 53.5 Å². The van der Waals surface area contributed by atoms with Gasteiger partial charge in [0.2, 0.25) is 0 Å². The van der Waals surface area contributed by atoms with Crippen molar-refractivity contribution in [2.24, 2.45) is 0 Å². The van der Waals surface area contributed by atoms with Gasteiger partial charge < -0.3 is 19.5 Å². The summed E-state index contributed by atoms with van der Waals surface area (Å²) >= 11 is 6.08. The molecular weight excluding hydrogens is 316 g/mol. The van der Waals surface area contributed by atoms with E-state index in [-0.39, 0.29) is 6.10 Å². The summed E-state index contributed by atoms with van der Waals surface area (Å²) in [6.45, 7) is 4.65. The summed E-state index contributed by atoms with van der Waals surface area (Å²) in [7, 11) is 4.08. The first kappa shape index (κ1) is 18.6. The minimum Gasteiger partial charge on any atom is -0.389 e. The van der Waals surface area contributed by atoms with E-state index in [2.05, 4.69) is 9.80 Å². The van der Waals surface area contributed by atoms with Crippen LogP contribution in [0.2, 0.25) is 5.02 Å². The number of morpholine rings is 1. The molecule has 2 atom stereocenters. The maximum atomic E-state index is 10.2. The molecule has 0 aliphatic carbocycles. The van der Waals surface area contributed by atoms with Gasteiger partial charge >= 0.3 is 0 Å². The van der Waals surface area contributed by atoms with Gasteiger partial charge in [0.15, 0.2) is 0 Å². The van der Waals surface area contributed by atoms with Crippen LogP contribution >= 0.6 is 11.6 Å². The van der Waals surface area contributed by atoms with Crippen LogP contribution in [0.15, 0.2) is 24.3 Å². The number of nitrogens with zero attached hydrogens (tertiary/aromatic N) is 2. The van der Waals surface area contributed by atoms with Crippen molar-refractivity contribution in [3.63, 3.8) is 0 Å². The van der Waals surface area contributed by atoms with Crippen LogP contribution in [-0.2, 0) is 16.1 Å². The molecule has 0 saturated carbocycles. The van der Waals surface area contributed by atoms with Gasteiger partial charge in [0.05, 0.1) is 32.0 Å². The van der Waals surface area contributed by atoms with Gasteiger partial charge in [-0.15, -0.1) is 0 Å². The fourth-order valence-corrected chi connectivity index (χ4v) is 2.93. The lowest BCUT2D eigenvalue weighted by Crippen LogP contribution is -2.49. The topological polar surface area (TPSA) is 45.2 Å². The third-order valence-electron chi connectivity index (χ3n) is 3.79. The molecule has 130 valence electrons. The normalized spacial score (nSPS) is 20.8. The van der Waals surface area contributed by atoms with Crippen LogP contribution in [0.4, 0.5) is 0 Å². The Morgan fingerprint density at radius 1 is 1.43 bits per heavy atom. The maximum absolute atomic E-state index is 10.2. The van der Waals surface area contributed by atoms with Gasteiger partial charge in [0.25, 0.3) is 0 Å². The van der Waals surface area contributed by atoms with E-state index < -0.39 is 6.10 Å². The van der Waals surface area contributed by atoms with Gasteiger partial charge in [-0.3, -0.25) is 4.90 Å². The van der Waals surface area contributed by atoms with E-state index in [0.717, 1.165) is 25.2 Å². The van der Waals surface area contributed by atoms with Gasteiger partial charge in [0.1, 0.15) is 0 Å². The zero-order valence-electron chi connectivity index (χ0n) is 13.9. The van der Waals surface area contributed by atoms with E-state index in [9.17, 15) is 5.11 Å². The van der Waals surface area contributed by atoms with Crippen LogP contribution in [-0.4, -0.2) is 80.6 Å². The third kappa shape index (κ3) is 6.75. The average Bonchev–Trinajstić information content (AvgIpc) is 2.49. The average molecular weight is 343 g/mol. The summed E-state index contributed by atoms with van der Waals surface area (Å²) in [5.74, 6) is 0. The summed E-state index contributed by atoms with van der Waals surface area (Å²) in [5.41, 5.74) is 0.943. The summed E-state index contributed by atoms with van der Waals surface area (Å²) < 4.78 is 11.3. The number of β-amino-alcohol motifs (C(OH)–C–C–N with tert-alkyl or cyclic N) is 1. The van der Waals surface area contributed by atoms with Crippen molar-refractivity contribution in [1.29, 1.82) is 0 Å². The predicted molar refractivity (Wildman–Crippen MR) is 91.8 cm³/mol. The Hall–Kier alpha value is -0.690. The lowest BCUT2D eigenvalue weighted by Gasteiger charge is -2.35.